The number of unbranched alkanes of at least 4 members (excludes halogenated alkanes) is 59. The minimum atomic E-state index is -0.770. The predicted molar refractivity (Wildman–Crippen MR) is 363 cm³/mol. The largest absolute Gasteiger partial charge is 0.462 e. The minimum Gasteiger partial charge on any atom is -0.462 e. The quantitative estimate of drug-likeness (QED) is 0.0261. The highest BCUT2D eigenvalue weighted by Crippen LogP contribution is 2.20. The number of hydrogen-bond donors (Lipinski definition) is 0. The van der Waals surface area contributed by atoms with Crippen molar-refractivity contribution in [1.82, 2.24) is 0 Å². The number of ether oxygens (including phenoxy) is 3. The van der Waals surface area contributed by atoms with Gasteiger partial charge in [0.15, 0.2) is 6.10 Å². The highest BCUT2D eigenvalue weighted by atomic mass is 16.6. The van der Waals surface area contributed by atoms with Crippen LogP contribution in [0.4, 0.5) is 0 Å². The zero-order chi connectivity index (χ0) is 59.9. The minimum absolute atomic E-state index is 0.0656. The Morgan fingerprint density at radius 2 is 0.398 bits per heavy atom. The highest BCUT2D eigenvalue weighted by molar-refractivity contribution is 5.71. The van der Waals surface area contributed by atoms with Gasteiger partial charge in [0.2, 0.25) is 0 Å². The van der Waals surface area contributed by atoms with Crippen LogP contribution in [0.3, 0.4) is 0 Å². The lowest BCUT2D eigenvalue weighted by Gasteiger charge is -2.18. The highest BCUT2D eigenvalue weighted by Gasteiger charge is 2.20. The molecule has 0 aliphatic rings. The van der Waals surface area contributed by atoms with Gasteiger partial charge in [-0.1, -0.05) is 392 Å². The molecule has 0 aromatic rings. The fraction of sp³-hybridized carbons (Fsp3) is 0.935. The topological polar surface area (TPSA) is 78.9 Å². The van der Waals surface area contributed by atoms with Crippen LogP contribution in [0.1, 0.15) is 445 Å². The maximum Gasteiger partial charge on any atom is 0.306 e. The average molecular weight is 1170 g/mol. The van der Waals surface area contributed by atoms with E-state index in [2.05, 4.69) is 32.9 Å². The second-order valence-corrected chi connectivity index (χ2v) is 26.3. The average Bonchev–Trinajstić information content (AvgIpc) is 3.49. The number of carbonyl (C=O) groups excluding carboxylic acids is 3. The number of rotatable bonds is 72. The van der Waals surface area contributed by atoms with Crippen LogP contribution in [0.15, 0.2) is 12.2 Å². The van der Waals surface area contributed by atoms with Gasteiger partial charge >= 0.3 is 17.9 Å². The Kier molecular flexibility index (Phi) is 71.0. The van der Waals surface area contributed by atoms with Crippen LogP contribution in [-0.2, 0) is 28.6 Å². The fourth-order valence-electron chi connectivity index (χ4n) is 12.0. The standard InChI is InChI=1S/C77H148O6/c1-4-7-10-13-16-19-22-25-27-29-31-33-35-36-37-38-39-40-41-43-44-46-48-50-52-55-58-61-64-67-70-76(79)82-73-74(72-81-75(78)69-66-63-60-57-54-24-21-18-15-12-9-6-3)83-77(80)71-68-65-62-59-56-53-51-49-47-45-42-34-32-30-28-26-23-20-17-14-11-8-5-2/h18,21,74H,4-17,19-20,22-73H2,1-3H3/b21-18-. The van der Waals surface area contributed by atoms with Crippen LogP contribution in [0, 0.1) is 0 Å². The van der Waals surface area contributed by atoms with E-state index >= 15 is 0 Å². The molecule has 0 fully saturated rings. The van der Waals surface area contributed by atoms with Gasteiger partial charge in [0.05, 0.1) is 0 Å². The zero-order valence-electron chi connectivity index (χ0n) is 56.8. The summed E-state index contributed by atoms with van der Waals surface area (Å²) in [4.78, 5) is 38.4. The smallest absolute Gasteiger partial charge is 0.306 e. The molecule has 0 amide bonds. The Hall–Kier alpha value is -1.85. The van der Waals surface area contributed by atoms with E-state index in [-0.39, 0.29) is 31.1 Å². The second-order valence-electron chi connectivity index (χ2n) is 26.3. The SMILES string of the molecule is CCCCC/C=C\CCCCCCCC(=O)OCC(COC(=O)CCCCCCCCCCCCCCCCCCCCCCCCCCCCCCCC)OC(=O)CCCCCCCCCCCCCCCCCCCCCCCCC. The van der Waals surface area contributed by atoms with Crippen LogP contribution < -0.4 is 0 Å². The predicted octanol–water partition coefficient (Wildman–Crippen LogP) is 26.3. The molecule has 492 valence electrons. The Bertz CT molecular complexity index is 1300. The maximum absolute atomic E-state index is 13.0. The van der Waals surface area contributed by atoms with E-state index in [9.17, 15) is 14.4 Å². The van der Waals surface area contributed by atoms with Gasteiger partial charge in [0.1, 0.15) is 13.2 Å². The third kappa shape index (κ3) is 70.8. The molecule has 0 saturated heterocycles. The Morgan fingerprint density at radius 1 is 0.229 bits per heavy atom. The van der Waals surface area contributed by atoms with Crippen LogP contribution in [0.25, 0.3) is 0 Å². The molecule has 0 rings (SSSR count). The summed E-state index contributed by atoms with van der Waals surface area (Å²) in [5.74, 6) is -0.838. The van der Waals surface area contributed by atoms with Gasteiger partial charge in [-0.15, -0.1) is 0 Å². The summed E-state index contributed by atoms with van der Waals surface area (Å²) in [6.07, 6.45) is 88.5. The van der Waals surface area contributed by atoms with E-state index < -0.39 is 6.10 Å². The number of carbonyl (C=O) groups is 3. The first-order valence-corrected chi connectivity index (χ1v) is 38.2. The third-order valence-corrected chi connectivity index (χ3v) is 17.8. The first kappa shape index (κ1) is 81.2. The summed E-state index contributed by atoms with van der Waals surface area (Å²) in [5.41, 5.74) is 0. The van der Waals surface area contributed by atoms with Crippen molar-refractivity contribution >= 4 is 17.9 Å². The lowest BCUT2D eigenvalue weighted by Crippen LogP contribution is -2.30. The van der Waals surface area contributed by atoms with Crippen molar-refractivity contribution in [2.75, 3.05) is 13.2 Å². The molecule has 6 nitrogen and oxygen atoms in total. The van der Waals surface area contributed by atoms with Crippen LogP contribution in [0.5, 0.6) is 0 Å². The lowest BCUT2D eigenvalue weighted by atomic mass is 10.0. The number of hydrogen-bond acceptors (Lipinski definition) is 6. The first-order valence-electron chi connectivity index (χ1n) is 38.2. The third-order valence-electron chi connectivity index (χ3n) is 17.8. The number of allylic oxidation sites excluding steroid dienone is 2. The molecule has 0 N–H and O–H groups in total. The molecule has 0 aliphatic carbocycles. The van der Waals surface area contributed by atoms with Crippen molar-refractivity contribution in [3.63, 3.8) is 0 Å². The van der Waals surface area contributed by atoms with E-state index in [4.69, 9.17) is 14.2 Å². The van der Waals surface area contributed by atoms with E-state index in [0.29, 0.717) is 19.3 Å². The van der Waals surface area contributed by atoms with Crippen molar-refractivity contribution < 1.29 is 28.6 Å². The van der Waals surface area contributed by atoms with E-state index in [1.165, 1.54) is 340 Å². The summed E-state index contributed by atoms with van der Waals surface area (Å²) in [5, 5.41) is 0. The van der Waals surface area contributed by atoms with Crippen molar-refractivity contribution in [3.05, 3.63) is 12.2 Å². The van der Waals surface area contributed by atoms with E-state index in [1.54, 1.807) is 0 Å². The fourth-order valence-corrected chi connectivity index (χ4v) is 12.0. The molecular formula is C77H148O6. The second kappa shape index (κ2) is 72.6. The van der Waals surface area contributed by atoms with Crippen LogP contribution >= 0.6 is 0 Å². The molecule has 83 heavy (non-hydrogen) atoms. The van der Waals surface area contributed by atoms with Gasteiger partial charge in [0, 0.05) is 19.3 Å². The molecule has 0 aromatic carbocycles. The zero-order valence-corrected chi connectivity index (χ0v) is 56.8. The molecule has 6 heteroatoms. The molecule has 0 saturated carbocycles. The molecule has 0 spiro atoms. The lowest BCUT2D eigenvalue weighted by molar-refractivity contribution is -0.167. The molecule has 1 atom stereocenters. The Morgan fingerprint density at radius 3 is 0.627 bits per heavy atom. The van der Waals surface area contributed by atoms with Gasteiger partial charge in [0.25, 0.3) is 0 Å². The van der Waals surface area contributed by atoms with E-state index in [1.807, 2.05) is 0 Å². The van der Waals surface area contributed by atoms with Crippen molar-refractivity contribution in [3.8, 4) is 0 Å². The monoisotopic (exact) mass is 1170 g/mol. The maximum atomic E-state index is 13.0. The van der Waals surface area contributed by atoms with Crippen LogP contribution in [0.2, 0.25) is 0 Å². The van der Waals surface area contributed by atoms with Gasteiger partial charge < -0.3 is 14.2 Å². The van der Waals surface area contributed by atoms with Crippen molar-refractivity contribution in [2.45, 2.75) is 451 Å². The van der Waals surface area contributed by atoms with Gasteiger partial charge in [-0.3, -0.25) is 14.4 Å². The molecule has 0 radical (unpaired) electrons. The molecule has 0 aliphatic heterocycles. The van der Waals surface area contributed by atoms with Crippen molar-refractivity contribution in [1.29, 1.82) is 0 Å². The summed E-state index contributed by atoms with van der Waals surface area (Å²) in [6.45, 7) is 6.71. The Balaban J connectivity index is 4.11. The molecular weight excluding hydrogens is 1020 g/mol. The summed E-state index contributed by atoms with van der Waals surface area (Å²) in [7, 11) is 0. The molecule has 0 bridgehead atoms. The summed E-state index contributed by atoms with van der Waals surface area (Å²) in [6, 6.07) is 0. The van der Waals surface area contributed by atoms with E-state index in [0.717, 1.165) is 64.2 Å². The Labute approximate surface area is 520 Å². The van der Waals surface area contributed by atoms with Gasteiger partial charge in [-0.2, -0.15) is 0 Å². The normalized spacial score (nSPS) is 12.0. The molecule has 0 heterocycles. The summed E-state index contributed by atoms with van der Waals surface area (Å²) >= 11 is 0. The number of esters is 3. The van der Waals surface area contributed by atoms with Gasteiger partial charge in [-0.25, -0.2) is 0 Å². The summed E-state index contributed by atoms with van der Waals surface area (Å²) < 4.78 is 17.0. The molecule has 1 unspecified atom stereocenters. The van der Waals surface area contributed by atoms with Crippen molar-refractivity contribution in [2.24, 2.45) is 0 Å². The van der Waals surface area contributed by atoms with Gasteiger partial charge in [-0.05, 0) is 44.9 Å². The van der Waals surface area contributed by atoms with Crippen LogP contribution in [-0.4, -0.2) is 37.2 Å². The first-order chi connectivity index (χ1) is 41.0. The molecule has 0 aromatic heterocycles.